The molecule has 0 aliphatic rings. The molecule has 2 rings (SSSR count). The van der Waals surface area contributed by atoms with Gasteiger partial charge in [0.05, 0.1) is 12.3 Å². The number of ether oxygens (including phenoxy) is 1. The number of aromatic nitrogens is 1. The lowest BCUT2D eigenvalue weighted by atomic mass is 10.1. The fraction of sp³-hybridized carbons (Fsp3) is 0.375. The van der Waals surface area contributed by atoms with Gasteiger partial charge in [0.1, 0.15) is 9.88 Å². The molecule has 0 aliphatic heterocycles. The first kappa shape index (κ1) is 15.7. The Kier molecular flexibility index (Phi) is 5.09. The van der Waals surface area contributed by atoms with Gasteiger partial charge in [-0.3, -0.25) is 0 Å². The lowest BCUT2D eigenvalue weighted by molar-refractivity contribution is 0.0701. The Labute approximate surface area is 128 Å². The van der Waals surface area contributed by atoms with Crippen LogP contribution in [0, 0.1) is 12.8 Å². The molecule has 1 aromatic heterocycles. The van der Waals surface area contributed by atoms with Gasteiger partial charge in [-0.25, -0.2) is 9.78 Å². The van der Waals surface area contributed by atoms with Crippen molar-refractivity contribution >= 4 is 17.3 Å². The van der Waals surface area contributed by atoms with Crippen LogP contribution in [0.4, 0.5) is 0 Å². The molecule has 0 amide bonds. The fourth-order valence-corrected chi connectivity index (χ4v) is 2.83. The highest BCUT2D eigenvalue weighted by Gasteiger charge is 2.15. The Morgan fingerprint density at radius 2 is 2.19 bits per heavy atom. The summed E-state index contributed by atoms with van der Waals surface area (Å²) in [6.07, 6.45) is 0. The molecular weight excluding hydrogens is 286 g/mol. The van der Waals surface area contributed by atoms with Gasteiger partial charge in [0.2, 0.25) is 0 Å². The van der Waals surface area contributed by atoms with Crippen LogP contribution in [0.3, 0.4) is 0 Å². The van der Waals surface area contributed by atoms with Crippen molar-refractivity contribution in [2.75, 3.05) is 6.61 Å². The second-order valence-corrected chi connectivity index (χ2v) is 6.35. The Morgan fingerprint density at radius 1 is 1.43 bits per heavy atom. The molecule has 0 fully saturated rings. The van der Waals surface area contributed by atoms with Crippen molar-refractivity contribution in [1.82, 2.24) is 4.98 Å². The number of nitrogens with zero attached hydrogens (tertiary/aromatic N) is 1. The van der Waals surface area contributed by atoms with Crippen LogP contribution in [-0.2, 0) is 11.3 Å². The summed E-state index contributed by atoms with van der Waals surface area (Å²) in [4.78, 5) is 15.7. The monoisotopic (exact) mass is 305 g/mol. The summed E-state index contributed by atoms with van der Waals surface area (Å²) in [7, 11) is 0. The molecular formula is C16H19NO3S. The summed E-state index contributed by atoms with van der Waals surface area (Å²) in [6, 6.07) is 7.89. The normalized spacial score (nSPS) is 11.0. The standard InChI is InChI=1S/C16H19NO3S/c1-10(2)8-20-9-12-5-4-6-13(7-12)15-17-11(3)14(21-15)16(18)19/h4-7,10H,8-9H2,1-3H3,(H,18,19). The summed E-state index contributed by atoms with van der Waals surface area (Å²) in [5.74, 6) is -0.416. The molecule has 0 saturated carbocycles. The Bertz CT molecular complexity index is 634. The van der Waals surface area contributed by atoms with Crippen molar-refractivity contribution in [1.29, 1.82) is 0 Å². The average Bonchev–Trinajstić information content (AvgIpc) is 2.81. The van der Waals surface area contributed by atoms with Crippen LogP contribution in [0.2, 0.25) is 0 Å². The van der Waals surface area contributed by atoms with Crippen LogP contribution in [0.25, 0.3) is 10.6 Å². The average molecular weight is 305 g/mol. The van der Waals surface area contributed by atoms with Crippen LogP contribution in [0.15, 0.2) is 24.3 Å². The van der Waals surface area contributed by atoms with Gasteiger partial charge in [0.25, 0.3) is 0 Å². The van der Waals surface area contributed by atoms with Gasteiger partial charge in [0, 0.05) is 12.2 Å². The molecule has 1 heterocycles. The van der Waals surface area contributed by atoms with E-state index in [1.54, 1.807) is 6.92 Å². The molecule has 0 atom stereocenters. The van der Waals surface area contributed by atoms with Crippen molar-refractivity contribution < 1.29 is 14.6 Å². The molecule has 0 radical (unpaired) electrons. The number of aryl methyl sites for hydroxylation is 1. The van der Waals surface area contributed by atoms with Gasteiger partial charge in [-0.05, 0) is 24.5 Å². The number of thiazole rings is 1. The van der Waals surface area contributed by atoms with E-state index in [1.807, 2.05) is 24.3 Å². The minimum absolute atomic E-state index is 0.298. The van der Waals surface area contributed by atoms with Gasteiger partial charge < -0.3 is 9.84 Å². The van der Waals surface area contributed by atoms with Gasteiger partial charge in [-0.2, -0.15) is 0 Å². The maximum Gasteiger partial charge on any atom is 0.347 e. The van der Waals surface area contributed by atoms with Gasteiger partial charge in [-0.1, -0.05) is 32.0 Å². The predicted molar refractivity (Wildman–Crippen MR) is 83.7 cm³/mol. The lowest BCUT2D eigenvalue weighted by Crippen LogP contribution is -2.01. The minimum atomic E-state index is -0.923. The number of carbonyl (C=O) groups is 1. The largest absolute Gasteiger partial charge is 0.477 e. The minimum Gasteiger partial charge on any atom is -0.477 e. The molecule has 5 heteroatoms. The Morgan fingerprint density at radius 3 is 2.81 bits per heavy atom. The number of rotatable bonds is 6. The highest BCUT2D eigenvalue weighted by atomic mass is 32.1. The topological polar surface area (TPSA) is 59.4 Å². The number of carboxylic acid groups (broad SMARTS) is 1. The number of benzene rings is 1. The second kappa shape index (κ2) is 6.83. The highest BCUT2D eigenvalue weighted by molar-refractivity contribution is 7.17. The fourth-order valence-electron chi connectivity index (χ4n) is 1.92. The third kappa shape index (κ3) is 4.12. The van der Waals surface area contributed by atoms with E-state index in [-0.39, 0.29) is 0 Å². The molecule has 112 valence electrons. The van der Waals surface area contributed by atoms with Gasteiger partial charge in [0.15, 0.2) is 0 Å². The van der Waals surface area contributed by atoms with Crippen LogP contribution in [0.5, 0.6) is 0 Å². The number of carboxylic acids is 1. The summed E-state index contributed by atoms with van der Waals surface area (Å²) < 4.78 is 5.63. The first-order valence-electron chi connectivity index (χ1n) is 6.85. The third-order valence-electron chi connectivity index (χ3n) is 2.88. The highest BCUT2D eigenvalue weighted by Crippen LogP contribution is 2.28. The Balaban J connectivity index is 2.17. The zero-order valence-corrected chi connectivity index (χ0v) is 13.2. The molecule has 0 spiro atoms. The van der Waals surface area contributed by atoms with E-state index in [9.17, 15) is 4.79 Å². The Hall–Kier alpha value is -1.72. The van der Waals surface area contributed by atoms with E-state index >= 15 is 0 Å². The van der Waals surface area contributed by atoms with Crippen LogP contribution in [0.1, 0.15) is 34.8 Å². The predicted octanol–water partition coefficient (Wildman–Crippen LogP) is 3.99. The lowest BCUT2D eigenvalue weighted by Gasteiger charge is -2.07. The molecule has 0 unspecified atom stereocenters. The summed E-state index contributed by atoms with van der Waals surface area (Å²) in [5, 5.41) is 9.83. The first-order valence-corrected chi connectivity index (χ1v) is 7.66. The van der Waals surface area contributed by atoms with Crippen molar-refractivity contribution in [3.63, 3.8) is 0 Å². The van der Waals surface area contributed by atoms with E-state index < -0.39 is 5.97 Å². The molecule has 4 nitrogen and oxygen atoms in total. The van der Waals surface area contributed by atoms with E-state index in [2.05, 4.69) is 18.8 Å². The van der Waals surface area contributed by atoms with Gasteiger partial charge in [-0.15, -0.1) is 11.3 Å². The number of hydrogen-bond donors (Lipinski definition) is 1. The molecule has 0 saturated heterocycles. The summed E-state index contributed by atoms with van der Waals surface area (Å²) in [6.45, 7) is 7.23. The summed E-state index contributed by atoms with van der Waals surface area (Å²) >= 11 is 1.21. The number of hydrogen-bond acceptors (Lipinski definition) is 4. The first-order chi connectivity index (χ1) is 9.97. The molecule has 0 bridgehead atoms. The quantitative estimate of drug-likeness (QED) is 0.876. The van der Waals surface area contributed by atoms with Crippen LogP contribution >= 0.6 is 11.3 Å². The molecule has 21 heavy (non-hydrogen) atoms. The van der Waals surface area contributed by atoms with Crippen molar-refractivity contribution in [2.24, 2.45) is 5.92 Å². The van der Waals surface area contributed by atoms with E-state index in [0.29, 0.717) is 23.1 Å². The van der Waals surface area contributed by atoms with Crippen LogP contribution in [-0.4, -0.2) is 22.7 Å². The van der Waals surface area contributed by atoms with E-state index in [1.165, 1.54) is 11.3 Å². The maximum atomic E-state index is 11.1. The summed E-state index contributed by atoms with van der Waals surface area (Å²) in [5.41, 5.74) is 2.56. The van der Waals surface area contributed by atoms with Crippen molar-refractivity contribution in [3.05, 3.63) is 40.4 Å². The molecule has 0 aliphatic carbocycles. The van der Waals surface area contributed by atoms with E-state index in [4.69, 9.17) is 9.84 Å². The van der Waals surface area contributed by atoms with Crippen molar-refractivity contribution in [3.8, 4) is 10.6 Å². The molecule has 1 aromatic carbocycles. The van der Waals surface area contributed by atoms with E-state index in [0.717, 1.165) is 22.7 Å². The van der Waals surface area contributed by atoms with Crippen molar-refractivity contribution in [2.45, 2.75) is 27.4 Å². The SMILES string of the molecule is Cc1nc(-c2cccc(COCC(C)C)c2)sc1C(=O)O. The third-order valence-corrected chi connectivity index (χ3v) is 4.08. The molecule has 2 aromatic rings. The second-order valence-electron chi connectivity index (χ2n) is 5.35. The smallest absolute Gasteiger partial charge is 0.347 e. The zero-order valence-electron chi connectivity index (χ0n) is 12.4. The number of aromatic carboxylic acids is 1. The van der Waals surface area contributed by atoms with Crippen LogP contribution < -0.4 is 0 Å². The van der Waals surface area contributed by atoms with Gasteiger partial charge >= 0.3 is 5.97 Å². The zero-order chi connectivity index (χ0) is 15.4. The molecule has 1 N–H and O–H groups in total. The maximum absolute atomic E-state index is 11.1.